The summed E-state index contributed by atoms with van der Waals surface area (Å²) in [6, 6.07) is 0. The third-order valence-corrected chi connectivity index (χ3v) is 2.25. The maximum absolute atomic E-state index is 10.0. The predicted molar refractivity (Wildman–Crippen MR) is 46.9 cm³/mol. The molecule has 0 amide bonds. The minimum atomic E-state index is -4.73. The zero-order valence-electron chi connectivity index (χ0n) is 10.0. The number of phosphoric ester groups is 1. The molecule has 0 aromatic carbocycles. The molecule has 0 saturated heterocycles. The quantitative estimate of drug-likeness (QED) is 0.262. The molecule has 7 heteroatoms. The van der Waals surface area contributed by atoms with E-state index >= 15 is 0 Å². The molecular weight excluding hydrogens is 457 g/mol. The van der Waals surface area contributed by atoms with Gasteiger partial charge in [0.05, 0.1) is 14.4 Å². The average Bonchev–Trinajstić information content (AvgIpc) is 2.01. The minimum absolute atomic E-state index is 0. The van der Waals surface area contributed by atoms with E-state index in [2.05, 4.69) is 11.4 Å². The van der Waals surface area contributed by atoms with Gasteiger partial charge in [0.25, 0.3) is 0 Å². The molecule has 0 aromatic rings. The Bertz CT molecular complexity index is 163. The third-order valence-electron chi connectivity index (χ3n) is 1.75. The molecule has 0 heterocycles. The average molecular weight is 474 g/mol. The second kappa shape index (κ2) is 16.3. The van der Waals surface area contributed by atoms with E-state index in [0.29, 0.717) is 6.42 Å². The van der Waals surface area contributed by atoms with Crippen LogP contribution in [0.1, 0.15) is 45.4 Å². The van der Waals surface area contributed by atoms with Crippen molar-refractivity contribution in [1.29, 1.82) is 0 Å². The van der Waals surface area contributed by atoms with Gasteiger partial charge in [-0.1, -0.05) is 39.0 Å². The second-order valence-corrected chi connectivity index (χ2v) is 4.20. The van der Waals surface area contributed by atoms with Gasteiger partial charge in [0.1, 0.15) is 0 Å². The van der Waals surface area contributed by atoms with E-state index in [1.165, 1.54) is 19.3 Å². The fourth-order valence-corrected chi connectivity index (χ4v) is 1.41. The van der Waals surface area contributed by atoms with Crippen molar-refractivity contribution in [3.8, 4) is 0 Å². The summed E-state index contributed by atoms with van der Waals surface area (Å²) in [5.74, 6) is 0. The molecule has 0 aliphatic heterocycles. The van der Waals surface area contributed by atoms with Gasteiger partial charge in [-0.05, 0) is 6.42 Å². The van der Waals surface area contributed by atoms with Gasteiger partial charge in [-0.25, -0.2) is 0 Å². The van der Waals surface area contributed by atoms with E-state index in [1.54, 1.807) is 0 Å². The zero-order chi connectivity index (χ0) is 10.2. The predicted octanol–water partition coefficient (Wildman–Crippen LogP) is -4.80. The molecule has 0 atom stereocenters. The summed E-state index contributed by atoms with van der Waals surface area (Å²) in [6.07, 6.45) is 6.23. The van der Waals surface area contributed by atoms with Crippen LogP contribution >= 0.6 is 7.82 Å². The fraction of sp³-hybridized carbons (Fsp3) is 1.00. The summed E-state index contributed by atoms with van der Waals surface area (Å²) in [5.41, 5.74) is 0. The minimum Gasteiger partial charge on any atom is -0.790 e. The van der Waals surface area contributed by atoms with Crippen LogP contribution in [0.2, 0.25) is 0 Å². The maximum Gasteiger partial charge on any atom is 1.00 e. The van der Waals surface area contributed by atoms with Gasteiger partial charge < -0.3 is 18.9 Å². The number of hydrogen-bond acceptors (Lipinski definition) is 4. The normalized spacial score (nSPS) is 10.3. The fourth-order valence-electron chi connectivity index (χ4n) is 1.06. The molecule has 80 valence electrons. The van der Waals surface area contributed by atoms with Gasteiger partial charge >= 0.3 is 138 Å². The van der Waals surface area contributed by atoms with Crippen LogP contribution in [0.25, 0.3) is 0 Å². The first-order valence-electron chi connectivity index (χ1n) is 4.73. The molecular formula is C8H17Cs2O4P. The largest absolute Gasteiger partial charge is 1.00 e. The zero-order valence-corrected chi connectivity index (χ0v) is 23.5. The van der Waals surface area contributed by atoms with Crippen LogP contribution < -0.4 is 148 Å². The van der Waals surface area contributed by atoms with Crippen molar-refractivity contribution >= 4 is 7.82 Å². The van der Waals surface area contributed by atoms with Gasteiger partial charge in [-0.2, -0.15) is 0 Å². The molecule has 0 rings (SSSR count). The molecule has 0 spiro atoms. The molecule has 0 N–H and O–H groups in total. The van der Waals surface area contributed by atoms with Crippen LogP contribution in [-0.2, 0) is 9.09 Å². The van der Waals surface area contributed by atoms with Crippen LogP contribution in [0.15, 0.2) is 0 Å². The van der Waals surface area contributed by atoms with E-state index in [4.69, 9.17) is 0 Å². The SMILES string of the molecule is CCCCCCCCOP(=O)([O-])[O-].[Cs+].[Cs+]. The van der Waals surface area contributed by atoms with Crippen molar-refractivity contribution in [2.45, 2.75) is 45.4 Å². The molecule has 0 saturated carbocycles. The summed E-state index contributed by atoms with van der Waals surface area (Å²) in [7, 11) is -4.73. The second-order valence-electron chi connectivity index (χ2n) is 3.05. The molecule has 0 aliphatic carbocycles. The van der Waals surface area contributed by atoms with E-state index in [-0.39, 0.29) is 144 Å². The van der Waals surface area contributed by atoms with Crippen molar-refractivity contribution in [2.24, 2.45) is 0 Å². The first kappa shape index (κ1) is 24.2. The number of unbranched alkanes of at least 4 members (excludes halogenated alkanes) is 5. The van der Waals surface area contributed by atoms with Crippen molar-refractivity contribution in [2.75, 3.05) is 6.61 Å². The summed E-state index contributed by atoms with van der Waals surface area (Å²) in [4.78, 5) is 20.0. The summed E-state index contributed by atoms with van der Waals surface area (Å²) in [6.45, 7) is 2.17. The topological polar surface area (TPSA) is 72.4 Å². The van der Waals surface area contributed by atoms with Crippen LogP contribution in [-0.4, -0.2) is 6.61 Å². The third kappa shape index (κ3) is 23.7. The Balaban J connectivity index is -0.000000720. The van der Waals surface area contributed by atoms with E-state index < -0.39 is 7.82 Å². The Morgan fingerprint density at radius 2 is 1.47 bits per heavy atom. The summed E-state index contributed by atoms with van der Waals surface area (Å²) in [5, 5.41) is 0. The summed E-state index contributed by atoms with van der Waals surface area (Å²) >= 11 is 0. The first-order chi connectivity index (χ1) is 6.06. The molecule has 0 aliphatic rings. The molecule has 0 radical (unpaired) electrons. The molecule has 0 bridgehead atoms. The van der Waals surface area contributed by atoms with Crippen LogP contribution in [0.3, 0.4) is 0 Å². The Kier molecular flexibility index (Phi) is 26.3. The molecule has 4 nitrogen and oxygen atoms in total. The van der Waals surface area contributed by atoms with Gasteiger partial charge in [0, 0.05) is 0 Å². The van der Waals surface area contributed by atoms with Crippen LogP contribution in [0.5, 0.6) is 0 Å². The Morgan fingerprint density at radius 3 is 1.93 bits per heavy atom. The molecule has 0 unspecified atom stereocenters. The van der Waals surface area contributed by atoms with Crippen LogP contribution in [0.4, 0.5) is 0 Å². The maximum atomic E-state index is 10.0. The van der Waals surface area contributed by atoms with Crippen molar-refractivity contribution in [1.82, 2.24) is 0 Å². The number of hydrogen-bond donors (Lipinski definition) is 0. The van der Waals surface area contributed by atoms with E-state index in [1.807, 2.05) is 0 Å². The number of rotatable bonds is 8. The Hall–Kier alpha value is 4.21. The van der Waals surface area contributed by atoms with Gasteiger partial charge in [0.15, 0.2) is 0 Å². The first-order valence-corrected chi connectivity index (χ1v) is 6.19. The standard InChI is InChI=1S/C8H19O4P.2Cs/c1-2-3-4-5-6-7-8-12-13(9,10)11;;/h2-8H2,1H3,(H2,9,10,11);;/q;2*+1/p-2. The number of phosphoric acid groups is 1. The van der Waals surface area contributed by atoms with Crippen LogP contribution in [0, 0.1) is 0 Å². The van der Waals surface area contributed by atoms with E-state index in [0.717, 1.165) is 12.8 Å². The van der Waals surface area contributed by atoms with Gasteiger partial charge in [0.2, 0.25) is 0 Å². The molecule has 0 fully saturated rings. The van der Waals surface area contributed by atoms with E-state index in [9.17, 15) is 14.4 Å². The summed E-state index contributed by atoms with van der Waals surface area (Å²) < 4.78 is 14.1. The van der Waals surface area contributed by atoms with Crippen molar-refractivity contribution < 1.29 is 157 Å². The monoisotopic (exact) mass is 474 g/mol. The van der Waals surface area contributed by atoms with Gasteiger partial charge in [-0.3, -0.25) is 0 Å². The van der Waals surface area contributed by atoms with Crippen molar-refractivity contribution in [3.63, 3.8) is 0 Å². The smallest absolute Gasteiger partial charge is 0.790 e. The van der Waals surface area contributed by atoms with Gasteiger partial charge in [-0.15, -0.1) is 0 Å². The molecule has 0 aromatic heterocycles. The molecule has 15 heavy (non-hydrogen) atoms. The van der Waals surface area contributed by atoms with Crippen molar-refractivity contribution in [3.05, 3.63) is 0 Å². The Morgan fingerprint density at radius 1 is 1.00 bits per heavy atom. The Labute approximate surface area is 210 Å².